The molecule has 2 rings (SSSR count). The summed E-state index contributed by atoms with van der Waals surface area (Å²) in [5, 5.41) is 14.9. The van der Waals surface area contributed by atoms with Gasteiger partial charge in [-0.3, -0.25) is 9.59 Å². The first-order chi connectivity index (χ1) is 9.06. The molecule has 1 aliphatic carbocycles. The van der Waals surface area contributed by atoms with Crippen LogP contribution < -0.4 is 10.6 Å². The predicted octanol–water partition coefficient (Wildman–Crippen LogP) is -0.0180. The maximum absolute atomic E-state index is 12.1. The van der Waals surface area contributed by atoms with Crippen LogP contribution in [0.5, 0.6) is 0 Å². The number of likely N-dealkylation sites (N-methyl/N-ethyl adjacent to an activating group) is 1. The third-order valence-corrected chi connectivity index (χ3v) is 4.37. The zero-order valence-corrected chi connectivity index (χ0v) is 11.3. The Morgan fingerprint density at radius 1 is 1.37 bits per heavy atom. The number of aliphatic carboxylic acids is 1. The first kappa shape index (κ1) is 14.3. The van der Waals surface area contributed by atoms with E-state index in [1.165, 1.54) is 0 Å². The molecule has 0 radical (unpaired) electrons. The lowest BCUT2D eigenvalue weighted by Crippen LogP contribution is -2.48. The molecule has 3 N–H and O–H groups in total. The van der Waals surface area contributed by atoms with Crippen LogP contribution in [0.25, 0.3) is 0 Å². The molecule has 2 aliphatic rings. The summed E-state index contributed by atoms with van der Waals surface area (Å²) in [5.41, 5.74) is -0.226. The van der Waals surface area contributed by atoms with Crippen molar-refractivity contribution in [3.8, 4) is 0 Å². The summed E-state index contributed by atoms with van der Waals surface area (Å²) in [5.74, 6) is -0.994. The number of amides is 1. The molecule has 0 aromatic carbocycles. The maximum atomic E-state index is 12.1. The normalized spacial score (nSPS) is 28.7. The Hall–Kier alpha value is -1.14. The van der Waals surface area contributed by atoms with Crippen LogP contribution in [0.4, 0.5) is 0 Å². The van der Waals surface area contributed by atoms with Crippen molar-refractivity contribution < 1.29 is 19.4 Å². The van der Waals surface area contributed by atoms with E-state index in [0.29, 0.717) is 19.8 Å². The number of hydrogen-bond acceptors (Lipinski definition) is 4. The topological polar surface area (TPSA) is 87.7 Å². The summed E-state index contributed by atoms with van der Waals surface area (Å²) in [4.78, 5) is 23.0. The van der Waals surface area contributed by atoms with Crippen molar-refractivity contribution in [3.63, 3.8) is 0 Å². The molecule has 1 saturated carbocycles. The molecule has 6 nitrogen and oxygen atoms in total. The first-order valence-corrected chi connectivity index (χ1v) is 6.81. The molecule has 1 heterocycles. The molecule has 1 amide bonds. The molecule has 6 heteroatoms. The van der Waals surface area contributed by atoms with E-state index in [1.54, 1.807) is 0 Å². The van der Waals surface area contributed by atoms with Gasteiger partial charge in [-0.05, 0) is 25.3 Å². The van der Waals surface area contributed by atoms with Gasteiger partial charge in [-0.1, -0.05) is 6.42 Å². The largest absolute Gasteiger partial charge is 0.481 e. The third kappa shape index (κ3) is 3.25. The van der Waals surface area contributed by atoms with Gasteiger partial charge in [0.2, 0.25) is 5.91 Å². The zero-order chi connectivity index (χ0) is 13.9. The molecule has 19 heavy (non-hydrogen) atoms. The summed E-state index contributed by atoms with van der Waals surface area (Å²) in [7, 11) is 1.82. The highest BCUT2D eigenvalue weighted by atomic mass is 16.5. The number of nitrogens with one attached hydrogen (secondary N) is 2. The lowest BCUT2D eigenvalue weighted by atomic mass is 9.66. The van der Waals surface area contributed by atoms with Gasteiger partial charge in [0.05, 0.1) is 25.6 Å². The highest BCUT2D eigenvalue weighted by molar-refractivity contribution is 5.80. The number of rotatable bonds is 6. The summed E-state index contributed by atoms with van der Waals surface area (Å²) >= 11 is 0. The maximum Gasteiger partial charge on any atom is 0.303 e. The predicted molar refractivity (Wildman–Crippen MR) is 68.7 cm³/mol. The van der Waals surface area contributed by atoms with Crippen LogP contribution in [0.15, 0.2) is 0 Å². The number of hydrogen-bond donors (Lipinski definition) is 3. The summed E-state index contributed by atoms with van der Waals surface area (Å²) in [6.07, 6.45) is 2.96. The van der Waals surface area contributed by atoms with Crippen molar-refractivity contribution in [1.29, 1.82) is 0 Å². The van der Waals surface area contributed by atoms with Crippen molar-refractivity contribution in [2.75, 3.05) is 26.8 Å². The van der Waals surface area contributed by atoms with Crippen LogP contribution in [-0.4, -0.2) is 49.8 Å². The minimum atomic E-state index is -0.786. The Balaban J connectivity index is 1.84. The molecule has 2 atom stereocenters. The van der Waals surface area contributed by atoms with Gasteiger partial charge in [-0.25, -0.2) is 0 Å². The van der Waals surface area contributed by atoms with Crippen LogP contribution >= 0.6 is 0 Å². The first-order valence-electron chi connectivity index (χ1n) is 6.81. The molecule has 0 aromatic heterocycles. The van der Waals surface area contributed by atoms with E-state index in [2.05, 4.69) is 10.6 Å². The monoisotopic (exact) mass is 270 g/mol. The fourth-order valence-electron chi connectivity index (χ4n) is 2.92. The van der Waals surface area contributed by atoms with Gasteiger partial charge in [-0.2, -0.15) is 0 Å². The van der Waals surface area contributed by atoms with Crippen LogP contribution in [0.3, 0.4) is 0 Å². The Morgan fingerprint density at radius 3 is 2.63 bits per heavy atom. The Labute approximate surface area is 112 Å². The average molecular weight is 270 g/mol. The standard InChI is InChI=1S/C13H22N2O4/c1-14-10-7-19-6-9(10)12(18)15-8-13(3-2-4-13)5-11(16)17/h9-10,14H,2-8H2,1H3,(H,15,18)(H,16,17). The van der Waals surface area contributed by atoms with E-state index in [9.17, 15) is 9.59 Å². The molecular weight excluding hydrogens is 248 g/mol. The molecule has 0 aromatic rings. The van der Waals surface area contributed by atoms with Crippen LogP contribution in [0.1, 0.15) is 25.7 Å². The van der Waals surface area contributed by atoms with E-state index >= 15 is 0 Å². The van der Waals surface area contributed by atoms with E-state index in [0.717, 1.165) is 19.3 Å². The fraction of sp³-hybridized carbons (Fsp3) is 0.846. The number of carbonyl (C=O) groups excluding carboxylic acids is 1. The van der Waals surface area contributed by atoms with Gasteiger partial charge in [0.15, 0.2) is 0 Å². The van der Waals surface area contributed by atoms with Gasteiger partial charge in [0.1, 0.15) is 0 Å². The second-order valence-corrected chi connectivity index (χ2v) is 5.68. The summed E-state index contributed by atoms with van der Waals surface area (Å²) < 4.78 is 5.30. The Morgan fingerprint density at radius 2 is 2.11 bits per heavy atom. The highest BCUT2D eigenvalue weighted by Gasteiger charge is 2.40. The van der Waals surface area contributed by atoms with Crippen molar-refractivity contribution in [1.82, 2.24) is 10.6 Å². The highest BCUT2D eigenvalue weighted by Crippen LogP contribution is 2.43. The van der Waals surface area contributed by atoms with E-state index in [1.807, 2.05) is 7.05 Å². The lowest BCUT2D eigenvalue weighted by Gasteiger charge is -2.41. The van der Waals surface area contributed by atoms with Crippen molar-refractivity contribution in [2.45, 2.75) is 31.7 Å². The lowest BCUT2D eigenvalue weighted by molar-refractivity contribution is -0.142. The molecular formula is C13H22N2O4. The van der Waals surface area contributed by atoms with Crippen molar-refractivity contribution >= 4 is 11.9 Å². The van der Waals surface area contributed by atoms with E-state index < -0.39 is 5.97 Å². The summed E-state index contributed by atoms with van der Waals surface area (Å²) in [6.45, 7) is 1.45. The van der Waals surface area contributed by atoms with E-state index in [-0.39, 0.29) is 29.7 Å². The number of carboxylic acids is 1. The number of ether oxygens (including phenoxy) is 1. The van der Waals surface area contributed by atoms with Gasteiger partial charge >= 0.3 is 5.97 Å². The summed E-state index contributed by atoms with van der Waals surface area (Å²) in [6, 6.07) is 0.0526. The molecule has 1 aliphatic heterocycles. The third-order valence-electron chi connectivity index (χ3n) is 4.37. The zero-order valence-electron chi connectivity index (χ0n) is 11.3. The SMILES string of the molecule is CNC1COCC1C(=O)NCC1(CC(=O)O)CCC1. The quantitative estimate of drug-likeness (QED) is 0.631. The molecule has 108 valence electrons. The number of carboxylic acid groups (broad SMARTS) is 1. The second kappa shape index (κ2) is 5.88. The smallest absolute Gasteiger partial charge is 0.303 e. The second-order valence-electron chi connectivity index (χ2n) is 5.68. The minimum Gasteiger partial charge on any atom is -0.481 e. The van der Waals surface area contributed by atoms with Gasteiger partial charge < -0.3 is 20.5 Å². The van der Waals surface area contributed by atoms with Crippen LogP contribution in [0.2, 0.25) is 0 Å². The molecule has 0 bridgehead atoms. The molecule has 2 unspecified atom stereocenters. The van der Waals surface area contributed by atoms with E-state index in [4.69, 9.17) is 9.84 Å². The van der Waals surface area contributed by atoms with Gasteiger partial charge in [0, 0.05) is 12.6 Å². The van der Waals surface area contributed by atoms with Gasteiger partial charge in [0.25, 0.3) is 0 Å². The van der Waals surface area contributed by atoms with Crippen molar-refractivity contribution in [2.24, 2.45) is 11.3 Å². The molecule has 2 fully saturated rings. The molecule has 0 spiro atoms. The molecule has 1 saturated heterocycles. The Kier molecular flexibility index (Phi) is 4.42. The average Bonchev–Trinajstić information content (AvgIpc) is 2.79. The fourth-order valence-corrected chi connectivity index (χ4v) is 2.92. The Bertz CT molecular complexity index is 355. The van der Waals surface area contributed by atoms with Gasteiger partial charge in [-0.15, -0.1) is 0 Å². The number of carbonyl (C=O) groups is 2. The van der Waals surface area contributed by atoms with Crippen LogP contribution in [0, 0.1) is 11.3 Å². The minimum absolute atomic E-state index is 0.0338. The van der Waals surface area contributed by atoms with Crippen LogP contribution in [-0.2, 0) is 14.3 Å². The van der Waals surface area contributed by atoms with Crippen molar-refractivity contribution in [3.05, 3.63) is 0 Å².